The number of pyridine rings is 1. The minimum Gasteiger partial charge on any atom is -0.332 e. The van der Waals surface area contributed by atoms with Crippen LogP contribution in [0.5, 0.6) is 0 Å². The molecular formula is C16H14F2N2O. The highest BCUT2D eigenvalue weighted by molar-refractivity contribution is 5.94. The molecule has 0 spiro atoms. The number of aromatic nitrogens is 1. The number of rotatable bonds is 2. The van der Waals surface area contributed by atoms with Crippen molar-refractivity contribution in [3.8, 4) is 0 Å². The average Bonchev–Trinajstić information content (AvgIpc) is 2.95. The van der Waals surface area contributed by atoms with Gasteiger partial charge < -0.3 is 4.90 Å². The summed E-state index contributed by atoms with van der Waals surface area (Å²) in [5, 5.41) is 0. The lowest BCUT2D eigenvalue weighted by molar-refractivity contribution is 0.0734. The van der Waals surface area contributed by atoms with Crippen LogP contribution in [0.1, 0.15) is 34.8 Å². The molecule has 0 unspecified atom stereocenters. The topological polar surface area (TPSA) is 33.2 Å². The van der Waals surface area contributed by atoms with Gasteiger partial charge in [-0.2, -0.15) is 0 Å². The smallest absolute Gasteiger partial charge is 0.254 e. The zero-order valence-electron chi connectivity index (χ0n) is 11.3. The second-order valence-corrected chi connectivity index (χ2v) is 5.10. The molecule has 0 radical (unpaired) electrons. The number of nitrogens with zero attached hydrogens (tertiary/aromatic N) is 2. The standard InChI is InChI=1S/C16H14F2N2O/c17-13-8-12(9-14(18)10-13)16(21)20-7-1-2-15(20)11-3-5-19-6-4-11/h3-6,8-10,15H,1-2,7H2/t15-/m0/s1. The first-order valence-electron chi connectivity index (χ1n) is 6.82. The maximum Gasteiger partial charge on any atom is 0.254 e. The lowest BCUT2D eigenvalue weighted by Gasteiger charge is -2.25. The van der Waals surface area contributed by atoms with Gasteiger partial charge in [-0.15, -0.1) is 0 Å². The van der Waals surface area contributed by atoms with Crippen LogP contribution >= 0.6 is 0 Å². The van der Waals surface area contributed by atoms with E-state index in [2.05, 4.69) is 4.98 Å². The summed E-state index contributed by atoms with van der Waals surface area (Å²) in [6.07, 6.45) is 5.07. The summed E-state index contributed by atoms with van der Waals surface area (Å²) in [7, 11) is 0. The molecule has 0 saturated carbocycles. The fourth-order valence-electron chi connectivity index (χ4n) is 2.79. The molecule has 1 fully saturated rings. The lowest BCUT2D eigenvalue weighted by atomic mass is 10.1. The maximum absolute atomic E-state index is 13.3. The Morgan fingerprint density at radius 3 is 2.48 bits per heavy atom. The van der Waals surface area contributed by atoms with Crippen LogP contribution in [0.15, 0.2) is 42.7 Å². The molecule has 1 atom stereocenters. The minimum absolute atomic E-state index is 0.0495. The van der Waals surface area contributed by atoms with E-state index in [-0.39, 0.29) is 17.5 Å². The van der Waals surface area contributed by atoms with Gasteiger partial charge in [0.2, 0.25) is 0 Å². The monoisotopic (exact) mass is 288 g/mol. The van der Waals surface area contributed by atoms with Gasteiger partial charge >= 0.3 is 0 Å². The van der Waals surface area contributed by atoms with E-state index >= 15 is 0 Å². The fourth-order valence-corrected chi connectivity index (χ4v) is 2.79. The molecule has 5 heteroatoms. The van der Waals surface area contributed by atoms with Gasteiger partial charge in [0.25, 0.3) is 5.91 Å². The van der Waals surface area contributed by atoms with E-state index in [0.717, 1.165) is 36.6 Å². The van der Waals surface area contributed by atoms with Crippen LogP contribution in [0.3, 0.4) is 0 Å². The SMILES string of the molecule is O=C(c1cc(F)cc(F)c1)N1CCC[C@H]1c1ccncc1. The van der Waals surface area contributed by atoms with E-state index in [4.69, 9.17) is 0 Å². The van der Waals surface area contributed by atoms with Gasteiger partial charge in [0.05, 0.1) is 6.04 Å². The summed E-state index contributed by atoms with van der Waals surface area (Å²) in [5.74, 6) is -1.82. The number of hydrogen-bond donors (Lipinski definition) is 0. The fraction of sp³-hybridized carbons (Fsp3) is 0.250. The van der Waals surface area contributed by atoms with Gasteiger partial charge in [0.15, 0.2) is 0 Å². The first-order chi connectivity index (χ1) is 10.1. The number of carbonyl (C=O) groups is 1. The van der Waals surface area contributed by atoms with Crippen LogP contribution in [0.25, 0.3) is 0 Å². The molecule has 0 aliphatic carbocycles. The highest BCUT2D eigenvalue weighted by Crippen LogP contribution is 2.32. The molecule has 1 saturated heterocycles. The predicted octanol–water partition coefficient (Wildman–Crippen LogP) is 3.34. The van der Waals surface area contributed by atoms with Crippen molar-refractivity contribution in [1.29, 1.82) is 0 Å². The second-order valence-electron chi connectivity index (χ2n) is 5.10. The summed E-state index contributed by atoms with van der Waals surface area (Å²) in [6, 6.07) is 6.58. The number of hydrogen-bond acceptors (Lipinski definition) is 2. The number of carbonyl (C=O) groups excluding carboxylic acids is 1. The van der Waals surface area contributed by atoms with Gasteiger partial charge in [-0.05, 0) is 42.7 Å². The number of likely N-dealkylation sites (tertiary alicyclic amines) is 1. The van der Waals surface area contributed by atoms with Crippen LogP contribution in [-0.4, -0.2) is 22.3 Å². The third kappa shape index (κ3) is 2.77. The van der Waals surface area contributed by atoms with Crippen molar-refractivity contribution in [2.75, 3.05) is 6.54 Å². The summed E-state index contributed by atoms with van der Waals surface area (Å²) in [4.78, 5) is 18.1. The lowest BCUT2D eigenvalue weighted by Crippen LogP contribution is -2.30. The molecule has 3 nitrogen and oxygen atoms in total. The largest absolute Gasteiger partial charge is 0.332 e. The predicted molar refractivity (Wildman–Crippen MR) is 73.6 cm³/mol. The molecule has 108 valence electrons. The molecule has 1 aromatic carbocycles. The molecule has 3 rings (SSSR count). The Morgan fingerprint density at radius 2 is 1.81 bits per heavy atom. The maximum atomic E-state index is 13.3. The van der Waals surface area contributed by atoms with Crippen molar-refractivity contribution >= 4 is 5.91 Å². The quantitative estimate of drug-likeness (QED) is 0.849. The Morgan fingerprint density at radius 1 is 1.14 bits per heavy atom. The molecule has 1 aromatic heterocycles. The molecule has 0 N–H and O–H groups in total. The Balaban J connectivity index is 1.90. The van der Waals surface area contributed by atoms with Crippen molar-refractivity contribution in [3.05, 3.63) is 65.5 Å². The molecule has 1 aliphatic rings. The van der Waals surface area contributed by atoms with E-state index in [1.807, 2.05) is 12.1 Å². The zero-order valence-corrected chi connectivity index (χ0v) is 11.3. The number of amides is 1. The van der Waals surface area contributed by atoms with Crippen LogP contribution < -0.4 is 0 Å². The molecule has 0 bridgehead atoms. The normalized spacial score (nSPS) is 18.0. The number of halogens is 2. The van der Waals surface area contributed by atoms with Gasteiger partial charge in [-0.25, -0.2) is 8.78 Å². The van der Waals surface area contributed by atoms with E-state index in [0.29, 0.717) is 6.54 Å². The molecule has 1 aliphatic heterocycles. The Kier molecular flexibility index (Phi) is 3.64. The minimum atomic E-state index is -0.738. The average molecular weight is 288 g/mol. The van der Waals surface area contributed by atoms with Gasteiger partial charge in [-0.1, -0.05) is 0 Å². The Hall–Kier alpha value is -2.30. The van der Waals surface area contributed by atoms with Crippen LogP contribution in [0, 0.1) is 11.6 Å². The van der Waals surface area contributed by atoms with Gasteiger partial charge in [0, 0.05) is 30.6 Å². The third-order valence-corrected chi connectivity index (χ3v) is 3.71. The molecule has 1 amide bonds. The molecular weight excluding hydrogens is 274 g/mol. The van der Waals surface area contributed by atoms with Crippen molar-refractivity contribution < 1.29 is 13.6 Å². The van der Waals surface area contributed by atoms with Gasteiger partial charge in [-0.3, -0.25) is 9.78 Å². The van der Waals surface area contributed by atoms with Crippen molar-refractivity contribution in [2.24, 2.45) is 0 Å². The van der Waals surface area contributed by atoms with Crippen LogP contribution in [0.4, 0.5) is 8.78 Å². The highest BCUT2D eigenvalue weighted by atomic mass is 19.1. The second kappa shape index (κ2) is 5.60. The van der Waals surface area contributed by atoms with Crippen LogP contribution in [-0.2, 0) is 0 Å². The summed E-state index contributed by atoms with van der Waals surface area (Å²) in [6.45, 7) is 0.587. The molecule has 2 aromatic rings. The Bertz CT molecular complexity index is 640. The zero-order chi connectivity index (χ0) is 14.8. The summed E-state index contributed by atoms with van der Waals surface area (Å²) in [5.41, 5.74) is 1.04. The summed E-state index contributed by atoms with van der Waals surface area (Å²) >= 11 is 0. The van der Waals surface area contributed by atoms with E-state index < -0.39 is 11.6 Å². The first-order valence-corrected chi connectivity index (χ1v) is 6.82. The summed E-state index contributed by atoms with van der Waals surface area (Å²) < 4.78 is 26.6. The molecule has 2 heterocycles. The highest BCUT2D eigenvalue weighted by Gasteiger charge is 2.30. The van der Waals surface area contributed by atoms with Crippen LogP contribution in [0.2, 0.25) is 0 Å². The van der Waals surface area contributed by atoms with E-state index in [1.54, 1.807) is 17.3 Å². The third-order valence-electron chi connectivity index (χ3n) is 3.71. The first kappa shape index (κ1) is 13.7. The van der Waals surface area contributed by atoms with E-state index in [9.17, 15) is 13.6 Å². The van der Waals surface area contributed by atoms with Crippen molar-refractivity contribution in [1.82, 2.24) is 9.88 Å². The van der Waals surface area contributed by atoms with Crippen molar-refractivity contribution in [3.63, 3.8) is 0 Å². The van der Waals surface area contributed by atoms with E-state index in [1.165, 1.54) is 0 Å². The Labute approximate surface area is 121 Å². The van der Waals surface area contributed by atoms with Crippen molar-refractivity contribution in [2.45, 2.75) is 18.9 Å². The molecule has 21 heavy (non-hydrogen) atoms. The van der Waals surface area contributed by atoms with Gasteiger partial charge in [0.1, 0.15) is 11.6 Å². The number of benzene rings is 1.